The van der Waals surface area contributed by atoms with Crippen LogP contribution in [0.2, 0.25) is 0 Å². The lowest BCUT2D eigenvalue weighted by Gasteiger charge is -2.19. The fraction of sp³-hybridized carbons (Fsp3) is 0.235. The molecule has 0 spiro atoms. The zero-order chi connectivity index (χ0) is 42.6. The van der Waals surface area contributed by atoms with Crippen molar-refractivity contribution in [2.45, 2.75) is 78.6 Å². The molecule has 2 aliphatic rings. The summed E-state index contributed by atoms with van der Waals surface area (Å²) in [5.74, 6) is 2.30. The van der Waals surface area contributed by atoms with Gasteiger partial charge in [-0.2, -0.15) is 0 Å². The average molecular weight is 802 g/mol. The first-order valence-electron chi connectivity index (χ1n) is 20.7. The van der Waals surface area contributed by atoms with Gasteiger partial charge in [0, 0.05) is 55.6 Å². The van der Waals surface area contributed by atoms with Gasteiger partial charge in [0.2, 0.25) is 0 Å². The summed E-state index contributed by atoms with van der Waals surface area (Å²) in [6, 6.07) is 32.5. The van der Waals surface area contributed by atoms with Gasteiger partial charge in [-0.05, 0) is 81.5 Å². The van der Waals surface area contributed by atoms with Crippen molar-refractivity contribution in [2.24, 2.45) is 4.99 Å². The maximum absolute atomic E-state index is 10.4. The number of fused-ring (bicyclic) bond motifs is 20. The summed E-state index contributed by atoms with van der Waals surface area (Å²) >= 11 is 0. The zero-order valence-electron chi connectivity index (χ0n) is 35.9. The second-order valence-electron chi connectivity index (χ2n) is 19.2. The van der Waals surface area contributed by atoms with Crippen LogP contribution < -0.4 is 0 Å². The largest absolute Gasteiger partial charge is 0.507 e. The maximum atomic E-state index is 10.4. The molecule has 302 valence electrons. The van der Waals surface area contributed by atoms with Crippen molar-refractivity contribution in [3.63, 3.8) is 0 Å². The van der Waals surface area contributed by atoms with E-state index < -0.39 is 0 Å². The van der Waals surface area contributed by atoms with Crippen molar-refractivity contribution in [1.29, 1.82) is 0 Å². The quantitative estimate of drug-likeness (QED) is 0.148. The van der Waals surface area contributed by atoms with Crippen molar-refractivity contribution in [3.8, 4) is 51.3 Å². The summed E-state index contributed by atoms with van der Waals surface area (Å²) in [7, 11) is 0. The second-order valence-corrected chi connectivity index (χ2v) is 19.2. The molecule has 0 saturated carbocycles. The van der Waals surface area contributed by atoms with Crippen molar-refractivity contribution in [2.75, 3.05) is 0 Å². The van der Waals surface area contributed by atoms with Gasteiger partial charge >= 0.3 is 0 Å². The molecule has 3 aromatic heterocycles. The van der Waals surface area contributed by atoms with E-state index in [2.05, 4.69) is 127 Å². The average Bonchev–Trinajstić information content (AvgIpc) is 3.94. The van der Waals surface area contributed by atoms with Crippen LogP contribution in [0.5, 0.6) is 5.75 Å². The predicted molar refractivity (Wildman–Crippen MR) is 248 cm³/mol. The van der Waals surface area contributed by atoms with Crippen LogP contribution in [-0.4, -0.2) is 51.2 Å². The Morgan fingerprint density at radius 1 is 0.443 bits per heavy atom. The van der Waals surface area contributed by atoms with Crippen LogP contribution in [0, 0.1) is 0 Å². The molecule has 5 aromatic carbocycles. The molecule has 0 atom stereocenters. The lowest BCUT2D eigenvalue weighted by atomic mass is 9.85. The molecular formula is C51H47N9O. The van der Waals surface area contributed by atoms with E-state index >= 15 is 0 Å². The summed E-state index contributed by atoms with van der Waals surface area (Å²) in [6.45, 7) is 19.9. The number of phenolic OH excluding ortho intramolecular Hbond substituents is 1. The number of aromatic hydroxyl groups is 1. The van der Waals surface area contributed by atoms with Crippen molar-refractivity contribution in [1.82, 2.24) is 39.9 Å². The number of H-pyrrole nitrogens is 2. The Morgan fingerprint density at radius 3 is 1.38 bits per heavy atom. The minimum atomic E-state index is -0.103. The number of rotatable bonds is 2. The molecule has 0 fully saturated rings. The standard InChI is InChI=1S/C51H47N9O/c1-49(2,3)28-14-18-32-36(22-28)45-53-41(32)55-46-38-24-30(51(7,8)9)16-20-34(38)43(57-46)59-48-39-25-31(52-26-27-12-10-11-13-40(27)61)17-21-35(39)44(60-48)58-47-37-23-29(50(4,5)6)15-19-33(37)42(54-45)56-47/h10-26,61H,1-9H3,(H2,53,54,55,56,57,58,59,60). The van der Waals surface area contributed by atoms with Crippen molar-refractivity contribution in [3.05, 3.63) is 119 Å². The van der Waals surface area contributed by atoms with Crippen LogP contribution >= 0.6 is 0 Å². The third-order valence-electron chi connectivity index (χ3n) is 11.7. The monoisotopic (exact) mass is 801 g/mol. The fourth-order valence-corrected chi connectivity index (χ4v) is 8.00. The highest BCUT2D eigenvalue weighted by atomic mass is 16.3. The molecular weight excluding hydrogens is 755 g/mol. The van der Waals surface area contributed by atoms with Crippen LogP contribution in [0.4, 0.5) is 5.69 Å². The molecule has 10 nitrogen and oxygen atoms in total. The first-order chi connectivity index (χ1) is 29.0. The zero-order valence-corrected chi connectivity index (χ0v) is 35.9. The number of aromatic nitrogens is 8. The van der Waals surface area contributed by atoms with Gasteiger partial charge in [0.15, 0.2) is 23.3 Å². The molecule has 0 radical (unpaired) electrons. The van der Waals surface area contributed by atoms with Gasteiger partial charge < -0.3 is 15.1 Å². The Morgan fingerprint density at radius 2 is 0.869 bits per heavy atom. The molecule has 8 bridgehead atoms. The smallest absolute Gasteiger partial charge is 0.164 e. The number of benzene rings is 5. The van der Waals surface area contributed by atoms with E-state index in [0.717, 1.165) is 43.8 Å². The number of aromatic amines is 2. The third-order valence-corrected chi connectivity index (χ3v) is 11.7. The minimum Gasteiger partial charge on any atom is -0.507 e. The number of hydrogen-bond donors (Lipinski definition) is 3. The summed E-state index contributed by atoms with van der Waals surface area (Å²) in [5, 5.41) is 14.1. The highest BCUT2D eigenvalue weighted by Gasteiger charge is 2.26. The summed E-state index contributed by atoms with van der Waals surface area (Å²) in [6.07, 6.45) is 1.66. The minimum absolute atomic E-state index is 0.0921. The molecule has 0 unspecified atom stereocenters. The van der Waals surface area contributed by atoms with Crippen LogP contribution in [0.3, 0.4) is 0 Å². The molecule has 3 N–H and O–H groups in total. The summed E-state index contributed by atoms with van der Waals surface area (Å²) in [4.78, 5) is 43.4. The normalized spacial score (nSPS) is 13.0. The van der Waals surface area contributed by atoms with Gasteiger partial charge in [-0.1, -0.05) is 111 Å². The number of hydrogen-bond acceptors (Lipinski definition) is 8. The van der Waals surface area contributed by atoms with Gasteiger partial charge in [0.25, 0.3) is 0 Å². The molecule has 8 aromatic rings. The molecule has 0 amide bonds. The number of para-hydroxylation sites is 1. The Kier molecular flexibility index (Phi) is 8.43. The first-order valence-corrected chi connectivity index (χ1v) is 20.7. The van der Waals surface area contributed by atoms with Crippen LogP contribution in [-0.2, 0) is 16.2 Å². The van der Waals surface area contributed by atoms with Crippen molar-refractivity contribution >= 4 is 56.0 Å². The molecule has 0 aliphatic carbocycles. The van der Waals surface area contributed by atoms with E-state index in [4.69, 9.17) is 34.9 Å². The number of phenols is 1. The molecule has 10 rings (SSSR count). The van der Waals surface area contributed by atoms with E-state index in [1.807, 2.05) is 30.3 Å². The molecule has 10 heteroatoms. The van der Waals surface area contributed by atoms with E-state index in [9.17, 15) is 5.11 Å². The van der Waals surface area contributed by atoms with Crippen LogP contribution in [0.15, 0.2) is 102 Å². The Labute approximate surface area is 354 Å². The Balaban J connectivity index is 1.32. The molecule has 2 aliphatic heterocycles. The highest BCUT2D eigenvalue weighted by molar-refractivity contribution is 6.07. The third kappa shape index (κ3) is 6.72. The van der Waals surface area contributed by atoms with Gasteiger partial charge in [-0.15, -0.1) is 0 Å². The number of nitrogens with one attached hydrogen (secondary N) is 2. The summed E-state index contributed by atoms with van der Waals surface area (Å²) in [5.41, 5.74) is 10.5. The van der Waals surface area contributed by atoms with Gasteiger partial charge in [0.05, 0.1) is 5.69 Å². The topological polar surface area (TPSA) is 142 Å². The van der Waals surface area contributed by atoms with E-state index in [1.165, 1.54) is 16.7 Å². The van der Waals surface area contributed by atoms with Crippen LogP contribution in [0.25, 0.3) is 89.7 Å². The van der Waals surface area contributed by atoms with Gasteiger partial charge in [-0.3, -0.25) is 4.99 Å². The van der Waals surface area contributed by atoms with Crippen LogP contribution in [0.1, 0.15) is 84.6 Å². The Bertz CT molecular complexity index is 3310. The summed E-state index contributed by atoms with van der Waals surface area (Å²) < 4.78 is 0. The van der Waals surface area contributed by atoms with E-state index in [1.54, 1.807) is 18.3 Å². The number of nitrogens with zero attached hydrogens (tertiary/aromatic N) is 7. The predicted octanol–water partition coefficient (Wildman–Crippen LogP) is 12.2. The lowest BCUT2D eigenvalue weighted by Crippen LogP contribution is -2.10. The van der Waals surface area contributed by atoms with Crippen molar-refractivity contribution < 1.29 is 5.11 Å². The van der Waals surface area contributed by atoms with Gasteiger partial charge in [-0.25, -0.2) is 29.9 Å². The molecule has 5 heterocycles. The van der Waals surface area contributed by atoms with E-state index in [-0.39, 0.29) is 22.0 Å². The van der Waals surface area contributed by atoms with Gasteiger partial charge in [0.1, 0.15) is 28.3 Å². The maximum Gasteiger partial charge on any atom is 0.164 e. The van der Waals surface area contributed by atoms with E-state index in [0.29, 0.717) is 57.1 Å². The fourth-order valence-electron chi connectivity index (χ4n) is 8.00. The second kappa shape index (κ2) is 13.5. The molecule has 61 heavy (non-hydrogen) atoms. The Hall–Kier alpha value is -7.07. The number of aliphatic imine (C=N–C) groups is 1. The SMILES string of the molecule is CC(C)(C)c1ccc2c(c1)-c1nc-2nc2[nH]c(nc3nc(nc4[nH]c(n1)c1ccc(C(C)(C)C)cc41)-c1ccc(N=Cc4ccccc4O)cc1-3)c1ccc(C(C)(C)C)cc21. The highest BCUT2D eigenvalue weighted by Crippen LogP contribution is 2.41. The lowest BCUT2D eigenvalue weighted by molar-refractivity contribution is 0.474. The molecule has 0 saturated heterocycles. The first kappa shape index (κ1) is 38.2.